The summed E-state index contributed by atoms with van der Waals surface area (Å²) in [5.41, 5.74) is 0.467. The van der Waals surface area contributed by atoms with Crippen LogP contribution < -0.4 is 9.64 Å². The lowest BCUT2D eigenvalue weighted by Crippen LogP contribution is -2.30. The molecule has 0 bridgehead atoms. The molecule has 0 unspecified atom stereocenters. The van der Waals surface area contributed by atoms with Gasteiger partial charge in [-0.15, -0.1) is 0 Å². The van der Waals surface area contributed by atoms with Crippen molar-refractivity contribution in [3.05, 3.63) is 99.1 Å². The molecule has 39 heavy (non-hydrogen) atoms. The number of imide groups is 2. The molecule has 196 valence electrons. The molecule has 2 aliphatic rings. The summed E-state index contributed by atoms with van der Waals surface area (Å²) in [7, 11) is 0. The van der Waals surface area contributed by atoms with Crippen LogP contribution in [0.2, 0.25) is 0 Å². The van der Waals surface area contributed by atoms with Gasteiger partial charge in [-0.2, -0.15) is 0 Å². The van der Waals surface area contributed by atoms with Crippen molar-refractivity contribution in [2.24, 2.45) is 0 Å². The first-order chi connectivity index (χ1) is 18.8. The van der Waals surface area contributed by atoms with E-state index in [1.807, 2.05) is 0 Å². The second-order valence-corrected chi connectivity index (χ2v) is 8.99. The second kappa shape index (κ2) is 10.3. The van der Waals surface area contributed by atoms with Gasteiger partial charge in [0.1, 0.15) is 11.3 Å². The first-order valence-electron chi connectivity index (χ1n) is 12.2. The summed E-state index contributed by atoms with van der Waals surface area (Å²) in [6.07, 6.45) is 1.47. The number of carbonyl (C=O) groups is 5. The number of nitro groups is 1. The van der Waals surface area contributed by atoms with E-state index in [2.05, 4.69) is 0 Å². The van der Waals surface area contributed by atoms with Crippen molar-refractivity contribution < 1.29 is 33.6 Å². The van der Waals surface area contributed by atoms with E-state index in [1.54, 1.807) is 24.3 Å². The van der Waals surface area contributed by atoms with Crippen LogP contribution in [0.4, 0.5) is 11.4 Å². The predicted octanol–water partition coefficient (Wildman–Crippen LogP) is 4.16. The van der Waals surface area contributed by atoms with Crippen molar-refractivity contribution >= 4 is 41.0 Å². The standard InChI is InChI=1S/C28H21N3O8/c32-23(11-2-1-5-16-29-25(33)21-9-6-10-22(31(37)38)24(21)28(29)36)39-18-14-12-17(13-15-18)30-26(34)19-7-3-4-8-20(19)27(30)35/h3-4,6-10,12-15H,1-2,5,11,16H2. The molecule has 5 rings (SSSR count). The molecule has 0 N–H and O–H groups in total. The normalized spacial score (nSPS) is 14.1. The van der Waals surface area contributed by atoms with Gasteiger partial charge in [-0.3, -0.25) is 39.0 Å². The molecule has 0 aliphatic carbocycles. The zero-order valence-corrected chi connectivity index (χ0v) is 20.5. The summed E-state index contributed by atoms with van der Waals surface area (Å²) >= 11 is 0. The Labute approximate surface area is 221 Å². The SMILES string of the molecule is O=C(CCCCCN1C(=O)c2cccc([N+](=O)[O-])c2C1=O)Oc1ccc(N2C(=O)c3ccccc3C2=O)cc1. The zero-order valence-electron chi connectivity index (χ0n) is 20.5. The molecule has 0 saturated carbocycles. The topological polar surface area (TPSA) is 144 Å². The molecule has 11 heteroatoms. The van der Waals surface area contributed by atoms with Crippen molar-refractivity contribution in [2.45, 2.75) is 25.7 Å². The number of carbonyl (C=O) groups excluding carboxylic acids is 5. The van der Waals surface area contributed by atoms with E-state index in [4.69, 9.17) is 4.74 Å². The minimum Gasteiger partial charge on any atom is -0.427 e. The van der Waals surface area contributed by atoms with Crippen LogP contribution in [0.5, 0.6) is 5.75 Å². The maximum atomic E-state index is 12.6. The highest BCUT2D eigenvalue weighted by atomic mass is 16.6. The number of fused-ring (bicyclic) bond motifs is 2. The Morgan fingerprint density at radius 3 is 2.03 bits per heavy atom. The Morgan fingerprint density at radius 2 is 1.38 bits per heavy atom. The molecule has 11 nitrogen and oxygen atoms in total. The molecule has 3 aromatic rings. The minimum atomic E-state index is -0.689. The fraction of sp³-hybridized carbons (Fsp3) is 0.179. The lowest BCUT2D eigenvalue weighted by molar-refractivity contribution is -0.385. The molecule has 0 aromatic heterocycles. The molecule has 2 aliphatic heterocycles. The van der Waals surface area contributed by atoms with Gasteiger partial charge in [0.05, 0.1) is 27.3 Å². The first kappa shape index (κ1) is 25.5. The Bertz CT molecular complexity index is 1510. The second-order valence-electron chi connectivity index (χ2n) is 8.99. The highest BCUT2D eigenvalue weighted by molar-refractivity contribution is 6.34. The van der Waals surface area contributed by atoms with Crippen LogP contribution in [0.3, 0.4) is 0 Å². The number of esters is 1. The summed E-state index contributed by atoms with van der Waals surface area (Å²) in [6.45, 7) is 0.0812. The summed E-state index contributed by atoms with van der Waals surface area (Å²) in [6, 6.07) is 16.6. The van der Waals surface area contributed by atoms with Crippen molar-refractivity contribution in [1.82, 2.24) is 4.90 Å². The molecule has 2 heterocycles. The van der Waals surface area contributed by atoms with Crippen molar-refractivity contribution in [3.63, 3.8) is 0 Å². The quantitative estimate of drug-likeness (QED) is 0.101. The molecule has 0 radical (unpaired) electrons. The van der Waals surface area contributed by atoms with Gasteiger partial charge < -0.3 is 4.74 Å². The molecular weight excluding hydrogens is 506 g/mol. The number of ether oxygens (including phenoxy) is 1. The van der Waals surface area contributed by atoms with Gasteiger partial charge in [-0.25, -0.2) is 4.90 Å². The molecule has 3 aromatic carbocycles. The summed E-state index contributed by atoms with van der Waals surface area (Å²) in [5, 5.41) is 11.2. The lowest BCUT2D eigenvalue weighted by atomic mass is 10.1. The highest BCUT2D eigenvalue weighted by Crippen LogP contribution is 2.31. The van der Waals surface area contributed by atoms with E-state index in [-0.39, 0.29) is 29.8 Å². The number of nitro benzene ring substituents is 1. The molecular formula is C28H21N3O8. The maximum absolute atomic E-state index is 12.6. The van der Waals surface area contributed by atoms with Gasteiger partial charge in [-0.1, -0.05) is 24.6 Å². The highest BCUT2D eigenvalue weighted by Gasteiger charge is 2.40. The fourth-order valence-electron chi connectivity index (χ4n) is 4.66. The molecule has 0 spiro atoms. The summed E-state index contributed by atoms with van der Waals surface area (Å²) in [5.74, 6) is -2.32. The number of amides is 4. The number of hydrogen-bond acceptors (Lipinski definition) is 8. The van der Waals surface area contributed by atoms with Gasteiger partial charge in [0.15, 0.2) is 0 Å². The third kappa shape index (κ3) is 4.65. The summed E-state index contributed by atoms with van der Waals surface area (Å²) in [4.78, 5) is 75.2. The predicted molar refractivity (Wildman–Crippen MR) is 137 cm³/mol. The van der Waals surface area contributed by atoms with Crippen LogP contribution in [0, 0.1) is 10.1 Å². The maximum Gasteiger partial charge on any atom is 0.311 e. The fourth-order valence-corrected chi connectivity index (χ4v) is 4.66. The largest absolute Gasteiger partial charge is 0.427 e. The van der Waals surface area contributed by atoms with Crippen LogP contribution in [-0.2, 0) is 4.79 Å². The molecule has 4 amide bonds. The van der Waals surface area contributed by atoms with E-state index in [1.165, 1.54) is 42.5 Å². The molecule has 0 atom stereocenters. The van der Waals surface area contributed by atoms with E-state index in [0.29, 0.717) is 36.1 Å². The number of rotatable bonds is 9. The van der Waals surface area contributed by atoms with Crippen LogP contribution in [-0.4, -0.2) is 46.0 Å². The average Bonchev–Trinajstić information content (AvgIpc) is 3.33. The Kier molecular flexibility index (Phi) is 6.72. The number of hydrogen-bond donors (Lipinski definition) is 0. The van der Waals surface area contributed by atoms with Gasteiger partial charge in [0.2, 0.25) is 0 Å². The van der Waals surface area contributed by atoms with Crippen LogP contribution in [0.25, 0.3) is 0 Å². The van der Waals surface area contributed by atoms with Gasteiger partial charge in [0.25, 0.3) is 29.3 Å². The Morgan fingerprint density at radius 1 is 0.744 bits per heavy atom. The number of unbranched alkanes of at least 4 members (excludes halogenated alkanes) is 2. The zero-order chi connectivity index (χ0) is 27.7. The van der Waals surface area contributed by atoms with Gasteiger partial charge in [-0.05, 0) is 55.3 Å². The number of anilines is 1. The van der Waals surface area contributed by atoms with E-state index < -0.39 is 40.2 Å². The Hall–Kier alpha value is -5.19. The van der Waals surface area contributed by atoms with Crippen molar-refractivity contribution in [1.29, 1.82) is 0 Å². The lowest BCUT2D eigenvalue weighted by Gasteiger charge is -2.14. The van der Waals surface area contributed by atoms with E-state index >= 15 is 0 Å². The van der Waals surface area contributed by atoms with Gasteiger partial charge in [0, 0.05) is 19.0 Å². The van der Waals surface area contributed by atoms with Crippen LogP contribution in [0.1, 0.15) is 67.1 Å². The van der Waals surface area contributed by atoms with Gasteiger partial charge >= 0.3 is 5.97 Å². The third-order valence-corrected chi connectivity index (χ3v) is 6.56. The van der Waals surface area contributed by atoms with Crippen LogP contribution in [0.15, 0.2) is 66.7 Å². The third-order valence-electron chi connectivity index (χ3n) is 6.56. The smallest absolute Gasteiger partial charge is 0.311 e. The Balaban J connectivity index is 1.08. The molecule has 0 saturated heterocycles. The van der Waals surface area contributed by atoms with E-state index in [9.17, 15) is 34.1 Å². The first-order valence-corrected chi connectivity index (χ1v) is 12.2. The monoisotopic (exact) mass is 527 g/mol. The number of benzene rings is 3. The van der Waals surface area contributed by atoms with Crippen molar-refractivity contribution in [3.8, 4) is 5.75 Å². The minimum absolute atomic E-state index is 0.0202. The van der Waals surface area contributed by atoms with E-state index in [0.717, 1.165) is 9.80 Å². The van der Waals surface area contributed by atoms with Crippen LogP contribution >= 0.6 is 0 Å². The molecule has 0 fully saturated rings. The summed E-state index contributed by atoms with van der Waals surface area (Å²) < 4.78 is 5.33. The average molecular weight is 527 g/mol. The number of nitrogens with zero attached hydrogens (tertiary/aromatic N) is 3. The van der Waals surface area contributed by atoms with Crippen molar-refractivity contribution in [2.75, 3.05) is 11.4 Å².